The van der Waals surface area contributed by atoms with Crippen LogP contribution in [0.4, 0.5) is 0 Å². The van der Waals surface area contributed by atoms with E-state index < -0.39 is 0 Å². The first-order valence-corrected chi connectivity index (χ1v) is 8.41. The van der Waals surface area contributed by atoms with Crippen LogP contribution < -0.4 is 0 Å². The molecule has 0 spiro atoms. The SMILES string of the molecule is c1ccc(-c2ncc3c(n2)CCN(Cc2cccs2)C3)cc1. The molecule has 1 aromatic carbocycles. The van der Waals surface area contributed by atoms with Gasteiger partial charge in [0.05, 0.1) is 5.69 Å². The average Bonchev–Trinajstić information content (AvgIpc) is 3.08. The zero-order valence-corrected chi connectivity index (χ0v) is 13.1. The van der Waals surface area contributed by atoms with Gasteiger partial charge in [0.2, 0.25) is 0 Å². The summed E-state index contributed by atoms with van der Waals surface area (Å²) in [6, 6.07) is 14.5. The van der Waals surface area contributed by atoms with E-state index in [0.29, 0.717) is 0 Å². The molecule has 0 bridgehead atoms. The van der Waals surface area contributed by atoms with Gasteiger partial charge in [0.15, 0.2) is 5.82 Å². The summed E-state index contributed by atoms with van der Waals surface area (Å²) in [4.78, 5) is 13.2. The third-order valence-electron chi connectivity index (χ3n) is 4.00. The van der Waals surface area contributed by atoms with Crippen LogP contribution in [0.3, 0.4) is 0 Å². The molecule has 0 N–H and O–H groups in total. The van der Waals surface area contributed by atoms with Gasteiger partial charge in [-0.25, -0.2) is 9.97 Å². The van der Waals surface area contributed by atoms with Crippen molar-refractivity contribution in [3.63, 3.8) is 0 Å². The lowest BCUT2D eigenvalue weighted by Crippen LogP contribution is -2.30. The van der Waals surface area contributed by atoms with Crippen molar-refractivity contribution in [2.24, 2.45) is 0 Å². The molecule has 22 heavy (non-hydrogen) atoms. The molecule has 0 unspecified atom stereocenters. The number of hydrogen-bond donors (Lipinski definition) is 0. The van der Waals surface area contributed by atoms with Gasteiger partial charge in [-0.15, -0.1) is 11.3 Å². The van der Waals surface area contributed by atoms with Crippen molar-refractivity contribution < 1.29 is 0 Å². The number of aromatic nitrogens is 2. The minimum absolute atomic E-state index is 0.839. The molecule has 4 rings (SSSR count). The molecule has 0 saturated heterocycles. The van der Waals surface area contributed by atoms with Crippen molar-refractivity contribution in [1.29, 1.82) is 0 Å². The van der Waals surface area contributed by atoms with Crippen molar-refractivity contribution in [2.75, 3.05) is 6.54 Å². The highest BCUT2D eigenvalue weighted by molar-refractivity contribution is 7.09. The lowest BCUT2D eigenvalue weighted by atomic mass is 10.1. The van der Waals surface area contributed by atoms with E-state index in [1.54, 1.807) is 0 Å². The van der Waals surface area contributed by atoms with Gasteiger partial charge < -0.3 is 0 Å². The van der Waals surface area contributed by atoms with Crippen molar-refractivity contribution in [3.8, 4) is 11.4 Å². The Labute approximate surface area is 134 Å². The summed E-state index contributed by atoms with van der Waals surface area (Å²) in [5, 5.41) is 2.14. The normalized spacial score (nSPS) is 14.7. The monoisotopic (exact) mass is 307 g/mol. The van der Waals surface area contributed by atoms with Crippen LogP contribution in [0.2, 0.25) is 0 Å². The molecular formula is C18H17N3S. The fraction of sp³-hybridized carbons (Fsp3) is 0.222. The van der Waals surface area contributed by atoms with Crippen LogP contribution in [0.5, 0.6) is 0 Å². The summed E-state index contributed by atoms with van der Waals surface area (Å²) >= 11 is 1.82. The topological polar surface area (TPSA) is 29.0 Å². The minimum Gasteiger partial charge on any atom is -0.294 e. The summed E-state index contributed by atoms with van der Waals surface area (Å²) in [6.07, 6.45) is 3.01. The molecule has 3 nitrogen and oxygen atoms in total. The second-order valence-electron chi connectivity index (χ2n) is 5.57. The Morgan fingerprint density at radius 2 is 2.00 bits per heavy atom. The van der Waals surface area contributed by atoms with Crippen molar-refractivity contribution in [3.05, 3.63) is 70.2 Å². The lowest BCUT2D eigenvalue weighted by molar-refractivity contribution is 0.245. The molecule has 0 amide bonds. The van der Waals surface area contributed by atoms with Gasteiger partial charge in [-0.2, -0.15) is 0 Å². The molecular weight excluding hydrogens is 290 g/mol. The maximum Gasteiger partial charge on any atom is 0.159 e. The average molecular weight is 307 g/mol. The maximum absolute atomic E-state index is 4.78. The molecule has 1 aliphatic rings. The first kappa shape index (κ1) is 13.6. The van der Waals surface area contributed by atoms with Gasteiger partial charge in [0, 0.05) is 48.3 Å². The molecule has 3 aromatic rings. The van der Waals surface area contributed by atoms with Crippen molar-refractivity contribution in [2.45, 2.75) is 19.5 Å². The first-order valence-electron chi connectivity index (χ1n) is 7.53. The number of rotatable bonds is 3. The van der Waals surface area contributed by atoms with Crippen molar-refractivity contribution >= 4 is 11.3 Å². The Hall–Kier alpha value is -2.04. The van der Waals surface area contributed by atoms with Crippen LogP contribution in [0.15, 0.2) is 54.0 Å². The quantitative estimate of drug-likeness (QED) is 0.737. The van der Waals surface area contributed by atoms with E-state index in [-0.39, 0.29) is 0 Å². The molecule has 0 atom stereocenters. The fourth-order valence-electron chi connectivity index (χ4n) is 2.86. The predicted octanol–water partition coefficient (Wildman–Crippen LogP) is 3.76. The zero-order valence-electron chi connectivity index (χ0n) is 12.3. The summed E-state index contributed by atoms with van der Waals surface area (Å²) in [7, 11) is 0. The number of benzene rings is 1. The highest BCUT2D eigenvalue weighted by Crippen LogP contribution is 2.22. The molecule has 0 radical (unpaired) electrons. The molecule has 1 aliphatic heterocycles. The van der Waals surface area contributed by atoms with E-state index in [4.69, 9.17) is 4.98 Å². The Morgan fingerprint density at radius 3 is 2.82 bits per heavy atom. The van der Waals surface area contributed by atoms with Crippen LogP contribution >= 0.6 is 11.3 Å². The van der Waals surface area contributed by atoms with Gasteiger partial charge >= 0.3 is 0 Å². The molecule has 0 fully saturated rings. The molecule has 4 heteroatoms. The van der Waals surface area contributed by atoms with E-state index >= 15 is 0 Å². The first-order chi connectivity index (χ1) is 10.9. The largest absolute Gasteiger partial charge is 0.294 e. The van der Waals surface area contributed by atoms with Gasteiger partial charge in [0.1, 0.15) is 0 Å². The van der Waals surface area contributed by atoms with E-state index in [9.17, 15) is 0 Å². The summed E-state index contributed by atoms with van der Waals surface area (Å²) in [5.41, 5.74) is 3.56. The van der Waals surface area contributed by atoms with Crippen LogP contribution in [-0.4, -0.2) is 21.4 Å². The lowest BCUT2D eigenvalue weighted by Gasteiger charge is -2.27. The minimum atomic E-state index is 0.839. The Morgan fingerprint density at radius 1 is 1.09 bits per heavy atom. The van der Waals surface area contributed by atoms with Crippen LogP contribution in [0.25, 0.3) is 11.4 Å². The van der Waals surface area contributed by atoms with Crippen LogP contribution in [-0.2, 0) is 19.5 Å². The third kappa shape index (κ3) is 2.80. The summed E-state index contributed by atoms with van der Waals surface area (Å²) < 4.78 is 0. The van der Waals surface area contributed by atoms with E-state index in [0.717, 1.165) is 37.4 Å². The predicted molar refractivity (Wildman–Crippen MR) is 89.6 cm³/mol. The standard InChI is InChI=1S/C18H17N3S/c1-2-5-14(6-3-1)18-19-11-15-12-21(9-8-17(15)20-18)13-16-7-4-10-22-16/h1-7,10-11H,8-9,12-13H2. The number of hydrogen-bond acceptors (Lipinski definition) is 4. The van der Waals surface area contributed by atoms with Crippen LogP contribution in [0.1, 0.15) is 16.1 Å². The van der Waals surface area contributed by atoms with Crippen molar-refractivity contribution in [1.82, 2.24) is 14.9 Å². The third-order valence-corrected chi connectivity index (χ3v) is 4.87. The molecule has 110 valence electrons. The molecule has 2 aromatic heterocycles. The summed E-state index contributed by atoms with van der Waals surface area (Å²) in [5.74, 6) is 0.839. The Bertz CT molecular complexity index is 753. The summed E-state index contributed by atoms with van der Waals surface area (Å²) in [6.45, 7) is 3.04. The molecule has 3 heterocycles. The van der Waals surface area contributed by atoms with Gasteiger partial charge in [-0.05, 0) is 11.4 Å². The van der Waals surface area contributed by atoms with E-state index in [1.165, 1.54) is 16.1 Å². The highest BCUT2D eigenvalue weighted by atomic mass is 32.1. The molecule has 0 saturated carbocycles. The highest BCUT2D eigenvalue weighted by Gasteiger charge is 2.19. The van der Waals surface area contributed by atoms with Gasteiger partial charge in [-0.3, -0.25) is 4.90 Å². The zero-order chi connectivity index (χ0) is 14.8. The molecule has 0 aliphatic carbocycles. The fourth-order valence-corrected chi connectivity index (χ4v) is 3.60. The van der Waals surface area contributed by atoms with E-state index in [2.05, 4.69) is 39.5 Å². The Balaban J connectivity index is 1.54. The second kappa shape index (κ2) is 5.99. The number of nitrogens with zero attached hydrogens (tertiary/aromatic N) is 3. The smallest absolute Gasteiger partial charge is 0.159 e. The van der Waals surface area contributed by atoms with Gasteiger partial charge in [0.25, 0.3) is 0 Å². The van der Waals surface area contributed by atoms with Crippen LogP contribution in [0, 0.1) is 0 Å². The maximum atomic E-state index is 4.78. The number of fused-ring (bicyclic) bond motifs is 1. The van der Waals surface area contributed by atoms with E-state index in [1.807, 2.05) is 35.7 Å². The second-order valence-corrected chi connectivity index (χ2v) is 6.60. The Kier molecular flexibility index (Phi) is 3.70. The van der Waals surface area contributed by atoms with Gasteiger partial charge in [-0.1, -0.05) is 36.4 Å². The number of thiophene rings is 1.